The van der Waals surface area contributed by atoms with Gasteiger partial charge in [-0.15, -0.1) is 0 Å². The second-order valence-electron chi connectivity index (χ2n) is 7.55. The highest BCUT2D eigenvalue weighted by molar-refractivity contribution is 7.89. The molecule has 1 amide bonds. The Hall–Kier alpha value is -1.48. The van der Waals surface area contributed by atoms with Crippen molar-refractivity contribution in [1.82, 2.24) is 14.1 Å². The van der Waals surface area contributed by atoms with E-state index in [2.05, 4.69) is 4.90 Å². The molecule has 0 radical (unpaired) electrons. The number of amides is 1. The highest BCUT2D eigenvalue weighted by Crippen LogP contribution is 2.23. The summed E-state index contributed by atoms with van der Waals surface area (Å²) in [7, 11) is -1.53. The molecule has 0 unspecified atom stereocenters. The molecular weight excluding hydrogens is 354 g/mol. The summed E-state index contributed by atoms with van der Waals surface area (Å²) in [4.78, 5) is 17.0. The van der Waals surface area contributed by atoms with Crippen LogP contribution in [0.5, 0.6) is 0 Å². The third-order valence-corrected chi connectivity index (χ3v) is 7.00. The van der Waals surface area contributed by atoms with Crippen LogP contribution in [0.3, 0.4) is 0 Å². The van der Waals surface area contributed by atoms with E-state index in [4.69, 9.17) is 4.74 Å². The van der Waals surface area contributed by atoms with Crippen LogP contribution in [-0.4, -0.2) is 87.0 Å². The number of benzene rings is 1. The number of carbonyl (C=O) groups is 1. The minimum Gasteiger partial charge on any atom is -0.377 e. The molecule has 1 aromatic rings. The van der Waals surface area contributed by atoms with Crippen LogP contribution in [0.25, 0.3) is 0 Å². The van der Waals surface area contributed by atoms with Gasteiger partial charge in [0, 0.05) is 38.3 Å². The van der Waals surface area contributed by atoms with Crippen molar-refractivity contribution in [3.8, 4) is 0 Å². The Kier molecular flexibility index (Phi) is 5.39. The van der Waals surface area contributed by atoms with Crippen molar-refractivity contribution >= 4 is 15.9 Å². The molecule has 0 atom stereocenters. The van der Waals surface area contributed by atoms with E-state index in [0.29, 0.717) is 38.4 Å². The predicted molar refractivity (Wildman–Crippen MR) is 98.6 cm³/mol. The number of hydrogen-bond acceptors (Lipinski definition) is 5. The molecular formula is C18H27N3O4S. The molecule has 144 valence electrons. The first-order chi connectivity index (χ1) is 12.2. The number of morpholine rings is 1. The molecule has 0 aromatic heterocycles. The molecule has 0 saturated carbocycles. The Morgan fingerprint density at radius 1 is 1.04 bits per heavy atom. The van der Waals surface area contributed by atoms with E-state index in [1.165, 1.54) is 16.4 Å². The SMILES string of the molecule is CN1CCN(S(=O)(=O)c2ccc(C(=O)N3CCOCC3(C)C)cc2)CC1. The molecule has 8 heteroatoms. The lowest BCUT2D eigenvalue weighted by Gasteiger charge is -2.42. The van der Waals surface area contributed by atoms with E-state index in [9.17, 15) is 13.2 Å². The van der Waals surface area contributed by atoms with Crippen molar-refractivity contribution in [1.29, 1.82) is 0 Å². The lowest BCUT2D eigenvalue weighted by atomic mass is 10.0. The summed E-state index contributed by atoms with van der Waals surface area (Å²) >= 11 is 0. The van der Waals surface area contributed by atoms with Gasteiger partial charge in [-0.1, -0.05) is 0 Å². The maximum atomic E-state index is 12.8. The van der Waals surface area contributed by atoms with E-state index < -0.39 is 10.0 Å². The first-order valence-electron chi connectivity index (χ1n) is 8.90. The number of sulfonamides is 1. The molecule has 0 N–H and O–H groups in total. The van der Waals surface area contributed by atoms with Gasteiger partial charge >= 0.3 is 0 Å². The number of likely N-dealkylation sites (N-methyl/N-ethyl adjacent to an activating group) is 1. The van der Waals surface area contributed by atoms with Gasteiger partial charge in [0.15, 0.2) is 0 Å². The second kappa shape index (κ2) is 7.26. The third kappa shape index (κ3) is 3.78. The van der Waals surface area contributed by atoms with Crippen molar-refractivity contribution in [2.75, 3.05) is 53.0 Å². The standard InChI is InChI=1S/C18H27N3O4S/c1-18(2)14-25-13-12-21(18)17(22)15-4-6-16(7-5-15)26(23,24)20-10-8-19(3)9-11-20/h4-7H,8-14H2,1-3H3. The summed E-state index contributed by atoms with van der Waals surface area (Å²) < 4.78 is 32.5. The zero-order valence-corrected chi connectivity index (χ0v) is 16.5. The fraction of sp³-hybridized carbons (Fsp3) is 0.611. The smallest absolute Gasteiger partial charge is 0.254 e. The predicted octanol–water partition coefficient (Wildman–Crippen LogP) is 0.874. The van der Waals surface area contributed by atoms with Gasteiger partial charge in [0.25, 0.3) is 5.91 Å². The summed E-state index contributed by atoms with van der Waals surface area (Å²) in [6, 6.07) is 6.29. The van der Waals surface area contributed by atoms with Crippen molar-refractivity contribution in [3.63, 3.8) is 0 Å². The number of carbonyl (C=O) groups excluding carboxylic acids is 1. The summed E-state index contributed by atoms with van der Waals surface area (Å²) in [5.41, 5.74) is 0.122. The van der Waals surface area contributed by atoms with E-state index in [1.807, 2.05) is 20.9 Å². The average molecular weight is 381 g/mol. The quantitative estimate of drug-likeness (QED) is 0.777. The number of ether oxygens (including phenoxy) is 1. The van der Waals surface area contributed by atoms with Gasteiger partial charge < -0.3 is 14.5 Å². The van der Waals surface area contributed by atoms with Crippen molar-refractivity contribution < 1.29 is 17.9 Å². The highest BCUT2D eigenvalue weighted by Gasteiger charge is 2.35. The second-order valence-corrected chi connectivity index (χ2v) is 9.49. The maximum Gasteiger partial charge on any atom is 0.254 e. The van der Waals surface area contributed by atoms with Crippen LogP contribution in [0.1, 0.15) is 24.2 Å². The number of hydrogen-bond donors (Lipinski definition) is 0. The zero-order valence-electron chi connectivity index (χ0n) is 15.6. The van der Waals surface area contributed by atoms with E-state index in [1.54, 1.807) is 17.0 Å². The molecule has 0 spiro atoms. The summed E-state index contributed by atoms with van der Waals surface area (Å²) in [5.74, 6) is -0.0955. The molecule has 7 nitrogen and oxygen atoms in total. The largest absolute Gasteiger partial charge is 0.377 e. The molecule has 2 aliphatic rings. The number of nitrogens with zero attached hydrogens (tertiary/aromatic N) is 3. The molecule has 2 fully saturated rings. The van der Waals surface area contributed by atoms with Crippen LogP contribution in [-0.2, 0) is 14.8 Å². The van der Waals surface area contributed by atoms with Crippen LogP contribution in [0.15, 0.2) is 29.2 Å². The minimum atomic E-state index is -3.51. The van der Waals surface area contributed by atoms with Crippen LogP contribution >= 0.6 is 0 Å². The Morgan fingerprint density at radius 2 is 1.65 bits per heavy atom. The van der Waals surface area contributed by atoms with Gasteiger partial charge in [-0.25, -0.2) is 8.42 Å². The van der Waals surface area contributed by atoms with E-state index >= 15 is 0 Å². The van der Waals surface area contributed by atoms with Crippen molar-refractivity contribution in [2.45, 2.75) is 24.3 Å². The molecule has 2 saturated heterocycles. The summed E-state index contributed by atoms with van der Waals surface area (Å²) in [6.07, 6.45) is 0. The molecule has 2 aliphatic heterocycles. The van der Waals surface area contributed by atoms with Gasteiger partial charge in [0.2, 0.25) is 10.0 Å². The fourth-order valence-electron chi connectivity index (χ4n) is 3.34. The fourth-order valence-corrected chi connectivity index (χ4v) is 4.76. The van der Waals surface area contributed by atoms with Crippen LogP contribution in [0.4, 0.5) is 0 Å². The Labute approximate surface area is 155 Å². The molecule has 1 aromatic carbocycles. The van der Waals surface area contributed by atoms with Crippen molar-refractivity contribution in [3.05, 3.63) is 29.8 Å². The maximum absolute atomic E-state index is 12.8. The van der Waals surface area contributed by atoms with Crippen LogP contribution in [0, 0.1) is 0 Å². The number of piperazine rings is 1. The van der Waals surface area contributed by atoms with Crippen molar-refractivity contribution in [2.24, 2.45) is 0 Å². The zero-order chi connectivity index (χ0) is 18.9. The first kappa shape index (κ1) is 19.3. The minimum absolute atomic E-state index is 0.0955. The average Bonchev–Trinajstić information content (AvgIpc) is 2.61. The molecule has 0 bridgehead atoms. The monoisotopic (exact) mass is 381 g/mol. The van der Waals surface area contributed by atoms with Crippen LogP contribution in [0.2, 0.25) is 0 Å². The lowest BCUT2D eigenvalue weighted by molar-refractivity contribution is -0.0370. The van der Waals surface area contributed by atoms with Gasteiger partial charge in [-0.05, 0) is 45.2 Å². The Balaban J connectivity index is 1.77. The third-order valence-electron chi connectivity index (χ3n) is 5.09. The van der Waals surface area contributed by atoms with Gasteiger partial charge in [0.05, 0.1) is 23.6 Å². The topological polar surface area (TPSA) is 70.2 Å². The van der Waals surface area contributed by atoms with Crippen LogP contribution < -0.4 is 0 Å². The molecule has 26 heavy (non-hydrogen) atoms. The summed E-state index contributed by atoms with van der Waals surface area (Å²) in [6.45, 7) is 7.91. The highest BCUT2D eigenvalue weighted by atomic mass is 32.2. The van der Waals surface area contributed by atoms with Gasteiger partial charge in [-0.3, -0.25) is 4.79 Å². The number of rotatable bonds is 3. The molecule has 2 heterocycles. The Morgan fingerprint density at radius 3 is 2.23 bits per heavy atom. The van der Waals surface area contributed by atoms with Gasteiger partial charge in [-0.2, -0.15) is 4.31 Å². The normalized spacial score (nSPS) is 22.3. The molecule has 3 rings (SSSR count). The van der Waals surface area contributed by atoms with E-state index in [0.717, 1.165) is 13.1 Å². The first-order valence-corrected chi connectivity index (χ1v) is 10.3. The Bertz CT molecular complexity index is 753. The lowest BCUT2D eigenvalue weighted by Crippen LogP contribution is -2.55. The van der Waals surface area contributed by atoms with E-state index in [-0.39, 0.29) is 16.3 Å². The molecule has 0 aliphatic carbocycles. The van der Waals surface area contributed by atoms with Gasteiger partial charge in [0.1, 0.15) is 0 Å². The summed E-state index contributed by atoms with van der Waals surface area (Å²) in [5, 5.41) is 0.